The summed E-state index contributed by atoms with van der Waals surface area (Å²) in [6, 6.07) is 30.9. The second kappa shape index (κ2) is 19.6. The topological polar surface area (TPSA) is 136 Å². The molecule has 350 valence electrons. The van der Waals surface area contributed by atoms with Gasteiger partial charge in [-0.3, -0.25) is 4.90 Å². The van der Waals surface area contributed by atoms with Crippen LogP contribution in [0.5, 0.6) is 0 Å². The number of thiazole rings is 2. The summed E-state index contributed by atoms with van der Waals surface area (Å²) in [5.74, 6) is 0. The van der Waals surface area contributed by atoms with Gasteiger partial charge in [-0.15, -0.1) is 62.3 Å². The number of aromatic nitrogens is 4. The summed E-state index contributed by atoms with van der Waals surface area (Å²) in [6.45, 7) is 4.55. The molecular formula is C52H47BrN8O4S4. The Morgan fingerprint density at radius 2 is 1.26 bits per heavy atom. The average Bonchev–Trinajstić information content (AvgIpc) is 4.25. The first-order chi connectivity index (χ1) is 33.5. The second-order valence-corrected chi connectivity index (χ2v) is 21.1. The highest BCUT2D eigenvalue weighted by molar-refractivity contribution is 8.93. The van der Waals surface area contributed by atoms with E-state index in [1.165, 1.54) is 30.8 Å². The van der Waals surface area contributed by atoms with Crippen molar-refractivity contribution in [2.24, 2.45) is 0 Å². The van der Waals surface area contributed by atoms with Crippen LogP contribution in [0.1, 0.15) is 41.0 Å². The Labute approximate surface area is 424 Å². The van der Waals surface area contributed by atoms with Crippen molar-refractivity contribution >= 4 is 143 Å². The highest BCUT2D eigenvalue weighted by Crippen LogP contribution is 2.48. The predicted octanol–water partition coefficient (Wildman–Crippen LogP) is 13.0. The van der Waals surface area contributed by atoms with Crippen LogP contribution in [0, 0.1) is 0 Å². The van der Waals surface area contributed by atoms with Gasteiger partial charge in [0, 0.05) is 89.4 Å². The molecule has 10 heterocycles. The molecule has 1 amide bonds. The number of amides is 1. The number of nitrogens with one attached hydrogen (secondary N) is 3. The SMILES string of the molecule is Br.C1=C(c2cc3c(Nc4ccc5scnc5c4)ccnc3s2)C2(CCOCC2)NC1.O=C(OCc1ccccc1)N1CC=C(c2cc3c(Nc4ccc5scnc5c4)ccnc3s2)C12CCOCC2. The first-order valence-electron chi connectivity index (χ1n) is 22.8. The molecule has 0 aliphatic carbocycles. The molecule has 17 heteroatoms. The van der Waals surface area contributed by atoms with E-state index in [9.17, 15) is 4.79 Å². The zero-order valence-corrected chi connectivity index (χ0v) is 42.3. The van der Waals surface area contributed by atoms with Crippen LogP contribution >= 0.6 is 62.3 Å². The monoisotopic (exact) mass is 1050 g/mol. The molecule has 4 aliphatic heterocycles. The Hall–Kier alpha value is -5.63. The van der Waals surface area contributed by atoms with E-state index in [2.05, 4.69) is 103 Å². The quantitative estimate of drug-likeness (QED) is 0.134. The van der Waals surface area contributed by atoms with Gasteiger partial charge in [-0.05, 0) is 103 Å². The summed E-state index contributed by atoms with van der Waals surface area (Å²) < 4.78 is 19.5. The first-order valence-corrected chi connectivity index (χ1v) is 26.2. The molecule has 13 rings (SSSR count). The molecule has 12 nitrogen and oxygen atoms in total. The fraction of sp³-hybridized carbons (Fsp3) is 0.250. The number of thiophene rings is 2. The Morgan fingerprint density at radius 1 is 0.681 bits per heavy atom. The van der Waals surface area contributed by atoms with E-state index in [4.69, 9.17) is 14.2 Å². The lowest BCUT2D eigenvalue weighted by molar-refractivity contribution is 0.00693. The second-order valence-electron chi connectivity index (χ2n) is 17.3. The number of carbonyl (C=O) groups excluding carboxylic acids is 1. The van der Waals surface area contributed by atoms with Gasteiger partial charge in [-0.2, -0.15) is 0 Å². The van der Waals surface area contributed by atoms with E-state index >= 15 is 0 Å². The third-order valence-electron chi connectivity index (χ3n) is 13.5. The molecule has 0 unspecified atom stereocenters. The van der Waals surface area contributed by atoms with Crippen molar-refractivity contribution in [2.75, 3.05) is 50.2 Å². The molecule has 0 saturated carbocycles. The van der Waals surface area contributed by atoms with E-state index in [1.54, 1.807) is 45.3 Å². The van der Waals surface area contributed by atoms with Gasteiger partial charge in [0.15, 0.2) is 0 Å². The fourth-order valence-electron chi connectivity index (χ4n) is 10.0. The number of benzene rings is 3. The summed E-state index contributed by atoms with van der Waals surface area (Å²) in [5, 5.41) is 13.1. The summed E-state index contributed by atoms with van der Waals surface area (Å²) in [4.78, 5) is 37.9. The number of nitrogens with zero attached hydrogens (tertiary/aromatic N) is 5. The van der Waals surface area contributed by atoms with Gasteiger partial charge >= 0.3 is 6.09 Å². The van der Waals surface area contributed by atoms with Crippen LogP contribution in [0.3, 0.4) is 0 Å². The van der Waals surface area contributed by atoms with Gasteiger partial charge in [-0.25, -0.2) is 24.7 Å². The molecule has 2 saturated heterocycles. The van der Waals surface area contributed by atoms with Gasteiger partial charge in [0.05, 0.1) is 48.4 Å². The lowest BCUT2D eigenvalue weighted by Gasteiger charge is -2.42. The maximum Gasteiger partial charge on any atom is 0.411 e. The van der Waals surface area contributed by atoms with Crippen LogP contribution in [-0.4, -0.2) is 81.5 Å². The summed E-state index contributed by atoms with van der Waals surface area (Å²) in [5.41, 5.74) is 13.1. The van der Waals surface area contributed by atoms with Crippen LogP contribution in [0.25, 0.3) is 52.0 Å². The standard InChI is InChI=1S/C30H26N4O3S2.C22H20N4OS2.BrH/c35-29(37-18-20-4-2-1-3-5-20)34-13-9-23(30(34)10-14-36-15-11-30)27-17-22-24(8-12-31-28(22)39-27)33-21-6-7-26-25(16-21)32-19-38-26;1-2-19-18(24-13-28-19)11-14(1)26-17-4-7-23-21-15(17)12-20(29-21)16-3-8-25-22(16)5-9-27-10-6-22;/h1-9,12,16-17,19H,10-11,13-15,18H2,(H,31,33);1-4,7,11-13,25H,5-6,8-10H2,(H,23,26);1H. The zero-order chi connectivity index (χ0) is 45.5. The van der Waals surface area contributed by atoms with Crippen molar-refractivity contribution in [3.05, 3.63) is 142 Å². The maximum absolute atomic E-state index is 13.4. The summed E-state index contributed by atoms with van der Waals surface area (Å²) in [7, 11) is 0. The van der Waals surface area contributed by atoms with Gasteiger partial charge in [0.2, 0.25) is 0 Å². The van der Waals surface area contributed by atoms with Gasteiger partial charge in [0.1, 0.15) is 16.3 Å². The number of hydrogen-bond donors (Lipinski definition) is 3. The minimum atomic E-state index is -0.448. The largest absolute Gasteiger partial charge is 0.445 e. The molecule has 6 aromatic heterocycles. The molecule has 2 spiro atoms. The summed E-state index contributed by atoms with van der Waals surface area (Å²) in [6.07, 6.45) is 11.5. The van der Waals surface area contributed by atoms with Gasteiger partial charge in [0.25, 0.3) is 0 Å². The average molecular weight is 1060 g/mol. The van der Waals surface area contributed by atoms with Crippen molar-refractivity contribution < 1.29 is 19.0 Å². The molecule has 3 aromatic carbocycles. The number of ether oxygens (including phenoxy) is 3. The van der Waals surface area contributed by atoms with Crippen LogP contribution < -0.4 is 16.0 Å². The molecule has 69 heavy (non-hydrogen) atoms. The van der Waals surface area contributed by atoms with Crippen LogP contribution in [0.4, 0.5) is 27.5 Å². The maximum atomic E-state index is 13.4. The third-order valence-corrected chi connectivity index (χ3v) is 17.2. The number of hydrogen-bond acceptors (Lipinski definition) is 15. The number of rotatable bonds is 8. The summed E-state index contributed by atoms with van der Waals surface area (Å²) >= 11 is 6.75. The smallest absolute Gasteiger partial charge is 0.411 e. The van der Waals surface area contributed by atoms with E-state index in [-0.39, 0.29) is 35.2 Å². The van der Waals surface area contributed by atoms with Crippen LogP contribution in [0.15, 0.2) is 127 Å². The van der Waals surface area contributed by atoms with Crippen molar-refractivity contribution in [3.8, 4) is 0 Å². The minimum Gasteiger partial charge on any atom is -0.445 e. The van der Waals surface area contributed by atoms with Crippen molar-refractivity contribution in [2.45, 2.75) is 43.4 Å². The Balaban J connectivity index is 0.000000155. The normalized spacial score (nSPS) is 17.2. The van der Waals surface area contributed by atoms with E-state index in [0.717, 1.165) is 105 Å². The number of anilines is 4. The van der Waals surface area contributed by atoms with Gasteiger partial charge in [-0.1, -0.05) is 42.5 Å². The Bertz CT molecular complexity index is 3370. The molecule has 0 radical (unpaired) electrons. The first kappa shape index (κ1) is 45.8. The van der Waals surface area contributed by atoms with Crippen LogP contribution in [-0.2, 0) is 20.8 Å². The number of fused-ring (bicyclic) bond motifs is 4. The van der Waals surface area contributed by atoms with Crippen LogP contribution in [0.2, 0.25) is 0 Å². The molecule has 9 aromatic rings. The van der Waals surface area contributed by atoms with Crippen molar-refractivity contribution in [1.29, 1.82) is 0 Å². The van der Waals surface area contributed by atoms with Crippen molar-refractivity contribution in [3.63, 3.8) is 0 Å². The highest BCUT2D eigenvalue weighted by Gasteiger charge is 2.49. The number of carbonyl (C=O) groups is 1. The molecule has 0 atom stereocenters. The highest BCUT2D eigenvalue weighted by atomic mass is 79.9. The Morgan fingerprint density at radius 3 is 1.87 bits per heavy atom. The molecular weight excluding hydrogens is 1010 g/mol. The molecule has 3 N–H and O–H groups in total. The number of pyridine rings is 2. The fourth-order valence-corrected chi connectivity index (χ4v) is 13.6. The lowest BCUT2D eigenvalue weighted by Crippen LogP contribution is -2.52. The lowest BCUT2D eigenvalue weighted by atomic mass is 9.82. The zero-order valence-electron chi connectivity index (χ0n) is 37.3. The van der Waals surface area contributed by atoms with Crippen molar-refractivity contribution in [1.82, 2.24) is 30.2 Å². The third kappa shape index (κ3) is 8.95. The molecule has 4 aliphatic rings. The molecule has 0 bridgehead atoms. The predicted molar refractivity (Wildman–Crippen MR) is 288 cm³/mol. The van der Waals surface area contributed by atoms with Gasteiger partial charge < -0.3 is 30.2 Å². The van der Waals surface area contributed by atoms with E-state index < -0.39 is 5.54 Å². The molecule has 2 fully saturated rings. The minimum absolute atomic E-state index is 0. The van der Waals surface area contributed by atoms with E-state index in [1.807, 2.05) is 64.7 Å². The van der Waals surface area contributed by atoms with E-state index in [0.29, 0.717) is 19.8 Å². The number of halogens is 1. The Kier molecular flexibility index (Phi) is 13.0.